The summed E-state index contributed by atoms with van der Waals surface area (Å²) in [5.41, 5.74) is 8.45. The minimum atomic E-state index is 0.321. The van der Waals surface area contributed by atoms with Gasteiger partial charge in [-0.25, -0.2) is 0 Å². The lowest BCUT2D eigenvalue weighted by Gasteiger charge is -2.42. The molecule has 0 aromatic heterocycles. The van der Waals surface area contributed by atoms with Crippen LogP contribution in [0.3, 0.4) is 0 Å². The number of hydrogen-bond acceptors (Lipinski definition) is 0. The van der Waals surface area contributed by atoms with E-state index in [9.17, 15) is 0 Å². The van der Waals surface area contributed by atoms with Gasteiger partial charge in [-0.1, -0.05) is 61.8 Å². The van der Waals surface area contributed by atoms with Crippen molar-refractivity contribution in [3.8, 4) is 0 Å². The van der Waals surface area contributed by atoms with E-state index < -0.39 is 0 Å². The lowest BCUT2D eigenvalue weighted by molar-refractivity contribution is 0.331. The first-order valence-electron chi connectivity index (χ1n) is 7.78. The highest BCUT2D eigenvalue weighted by Gasteiger charge is 2.38. The Balaban J connectivity index is 2.15. The van der Waals surface area contributed by atoms with Gasteiger partial charge in [-0.3, -0.25) is 0 Å². The van der Waals surface area contributed by atoms with Gasteiger partial charge in [-0.05, 0) is 64.3 Å². The third-order valence-electron chi connectivity index (χ3n) is 5.35. The average molecular weight is 333 g/mol. The molecule has 0 unspecified atom stereocenters. The lowest BCUT2D eigenvalue weighted by Crippen LogP contribution is -2.34. The number of benzene rings is 1. The van der Waals surface area contributed by atoms with Crippen LogP contribution < -0.4 is 0 Å². The predicted octanol–water partition coefficient (Wildman–Crippen LogP) is 5.76. The Morgan fingerprint density at radius 1 is 1.00 bits per heavy atom. The fourth-order valence-electron chi connectivity index (χ4n) is 3.81. The molecule has 1 heteroatoms. The lowest BCUT2D eigenvalue weighted by atomic mass is 9.62. The highest BCUT2D eigenvalue weighted by molar-refractivity contribution is 9.09. The van der Waals surface area contributed by atoms with Crippen molar-refractivity contribution in [3.05, 3.63) is 40.5 Å². The van der Waals surface area contributed by atoms with Gasteiger partial charge in [-0.2, -0.15) is 0 Å². The third-order valence-corrected chi connectivity index (χ3v) is 5.75. The van der Waals surface area contributed by atoms with Gasteiger partial charge in [0, 0.05) is 5.33 Å². The molecule has 0 N–H and O–H groups in total. The minimum Gasteiger partial charge on any atom is -0.0924 e. The second-order valence-corrected chi connectivity index (χ2v) is 8.49. The summed E-state index contributed by atoms with van der Waals surface area (Å²) in [7, 11) is 0. The molecule has 1 aromatic rings. The highest BCUT2D eigenvalue weighted by Crippen LogP contribution is 2.48. The van der Waals surface area contributed by atoms with Crippen molar-refractivity contribution in [1.29, 1.82) is 0 Å². The molecule has 0 amide bonds. The van der Waals surface area contributed by atoms with Crippen LogP contribution in [0.2, 0.25) is 0 Å². The Bertz CT molecular complexity index is 576. The zero-order chi connectivity index (χ0) is 14.5. The molecule has 108 valence electrons. The molecular weight excluding hydrogens is 308 g/mol. The van der Waals surface area contributed by atoms with Crippen molar-refractivity contribution < 1.29 is 0 Å². The molecule has 0 nitrogen and oxygen atoms in total. The maximum Gasteiger partial charge on any atom is 0.00719 e. The summed E-state index contributed by atoms with van der Waals surface area (Å²) >= 11 is 3.59. The first-order chi connectivity index (χ1) is 9.35. The summed E-state index contributed by atoms with van der Waals surface area (Å²) in [6, 6.07) is 5.04. The van der Waals surface area contributed by atoms with Gasteiger partial charge in [0.25, 0.3) is 0 Å². The molecule has 0 radical (unpaired) electrons. The third kappa shape index (κ3) is 2.19. The highest BCUT2D eigenvalue weighted by atomic mass is 79.9. The van der Waals surface area contributed by atoms with Crippen LogP contribution >= 0.6 is 15.9 Å². The van der Waals surface area contributed by atoms with Crippen molar-refractivity contribution >= 4 is 21.5 Å². The van der Waals surface area contributed by atoms with E-state index in [2.05, 4.69) is 61.8 Å². The fraction of sp³-hybridized carbons (Fsp3) is 0.579. The van der Waals surface area contributed by atoms with Gasteiger partial charge in [-0.15, -0.1) is 0 Å². The van der Waals surface area contributed by atoms with Gasteiger partial charge in [0.15, 0.2) is 0 Å². The van der Waals surface area contributed by atoms with Crippen LogP contribution in [0.15, 0.2) is 18.2 Å². The molecule has 0 heterocycles. The maximum absolute atomic E-state index is 3.59. The predicted molar refractivity (Wildman–Crippen MR) is 91.8 cm³/mol. The topological polar surface area (TPSA) is 0 Å². The van der Waals surface area contributed by atoms with Crippen molar-refractivity contribution in [1.82, 2.24) is 0 Å². The van der Waals surface area contributed by atoms with Crippen molar-refractivity contribution in [2.75, 3.05) is 5.33 Å². The fourth-order valence-corrected chi connectivity index (χ4v) is 4.24. The zero-order valence-corrected chi connectivity index (χ0v) is 14.7. The van der Waals surface area contributed by atoms with Crippen LogP contribution in [-0.2, 0) is 17.3 Å². The molecule has 0 saturated heterocycles. The Morgan fingerprint density at radius 3 is 2.20 bits per heavy atom. The van der Waals surface area contributed by atoms with E-state index in [1.807, 2.05) is 0 Å². The second kappa shape index (κ2) is 4.73. The maximum atomic E-state index is 3.59. The van der Waals surface area contributed by atoms with E-state index >= 15 is 0 Å². The second-order valence-electron chi connectivity index (χ2n) is 7.70. The number of halogens is 1. The molecule has 2 aliphatic rings. The van der Waals surface area contributed by atoms with E-state index in [0.29, 0.717) is 10.8 Å². The Morgan fingerprint density at radius 2 is 1.60 bits per heavy atom. The van der Waals surface area contributed by atoms with Crippen molar-refractivity contribution in [2.45, 2.75) is 64.2 Å². The molecule has 0 atom stereocenters. The number of fused-ring (bicyclic) bond motifs is 2. The van der Waals surface area contributed by atoms with Crippen LogP contribution in [0.25, 0.3) is 5.57 Å². The van der Waals surface area contributed by atoms with Crippen LogP contribution in [0, 0.1) is 0 Å². The number of alkyl halides is 1. The average Bonchev–Trinajstić information content (AvgIpc) is 2.77. The molecule has 0 aliphatic heterocycles. The van der Waals surface area contributed by atoms with Gasteiger partial charge < -0.3 is 0 Å². The SMILES string of the molecule is CC1(C)CCC(C)(C)c2cc3c(cc21)CC=C3CCBr. The van der Waals surface area contributed by atoms with E-state index in [4.69, 9.17) is 0 Å². The standard InChI is InChI=1S/C19H25Br/c1-18(2)8-9-19(3,4)17-12-15-13(7-10-20)5-6-14(15)11-16(17)18/h5,11-12H,6-10H2,1-4H3. The Hall–Kier alpha value is -0.560. The van der Waals surface area contributed by atoms with E-state index in [1.165, 1.54) is 18.4 Å². The molecular formula is C19H25Br. The minimum absolute atomic E-state index is 0.321. The first-order valence-corrected chi connectivity index (χ1v) is 8.90. The zero-order valence-electron chi connectivity index (χ0n) is 13.1. The van der Waals surface area contributed by atoms with E-state index in [0.717, 1.165) is 18.2 Å². The molecule has 0 saturated carbocycles. The van der Waals surface area contributed by atoms with Gasteiger partial charge in [0.1, 0.15) is 0 Å². The molecule has 0 spiro atoms. The van der Waals surface area contributed by atoms with Crippen LogP contribution in [0.1, 0.15) is 69.2 Å². The normalized spacial score (nSPS) is 22.1. The van der Waals surface area contributed by atoms with Gasteiger partial charge >= 0.3 is 0 Å². The quantitative estimate of drug-likeness (QED) is 0.604. The van der Waals surface area contributed by atoms with Gasteiger partial charge in [0.05, 0.1) is 0 Å². The molecule has 0 bridgehead atoms. The molecule has 0 fully saturated rings. The summed E-state index contributed by atoms with van der Waals surface area (Å²) in [5.74, 6) is 0. The van der Waals surface area contributed by atoms with E-state index in [1.54, 1.807) is 22.3 Å². The summed E-state index contributed by atoms with van der Waals surface area (Å²) in [6.45, 7) is 9.65. The summed E-state index contributed by atoms with van der Waals surface area (Å²) in [4.78, 5) is 0. The molecule has 3 rings (SSSR count). The van der Waals surface area contributed by atoms with Crippen molar-refractivity contribution in [3.63, 3.8) is 0 Å². The van der Waals surface area contributed by atoms with Crippen LogP contribution in [0.5, 0.6) is 0 Å². The summed E-state index contributed by atoms with van der Waals surface area (Å²) in [6.07, 6.45) is 7.30. The van der Waals surface area contributed by atoms with E-state index in [-0.39, 0.29) is 0 Å². The molecule has 20 heavy (non-hydrogen) atoms. The summed E-state index contributed by atoms with van der Waals surface area (Å²) < 4.78 is 0. The van der Waals surface area contributed by atoms with Gasteiger partial charge in [0.2, 0.25) is 0 Å². The monoisotopic (exact) mass is 332 g/mol. The number of rotatable bonds is 2. The Kier molecular flexibility index (Phi) is 3.40. The first kappa shape index (κ1) is 14.4. The largest absolute Gasteiger partial charge is 0.0924 e. The summed E-state index contributed by atoms with van der Waals surface area (Å²) in [5, 5.41) is 1.06. The molecule has 1 aromatic carbocycles. The number of allylic oxidation sites excluding steroid dienone is 2. The Labute approximate surface area is 131 Å². The van der Waals surface area contributed by atoms with Crippen LogP contribution in [0.4, 0.5) is 0 Å². The molecule has 2 aliphatic carbocycles. The van der Waals surface area contributed by atoms with Crippen LogP contribution in [-0.4, -0.2) is 5.33 Å². The van der Waals surface area contributed by atoms with Crippen molar-refractivity contribution in [2.24, 2.45) is 0 Å². The smallest absolute Gasteiger partial charge is 0.00719 e. The number of hydrogen-bond donors (Lipinski definition) is 0.